The van der Waals surface area contributed by atoms with Crippen LogP contribution in [0.15, 0.2) is 12.3 Å². The molecule has 1 aliphatic rings. The summed E-state index contributed by atoms with van der Waals surface area (Å²) < 4.78 is 8.16. The Kier molecular flexibility index (Phi) is 5.22. The molecule has 2 rings (SSSR count). The molecule has 0 amide bonds. The first kappa shape index (κ1) is 15.5. The molecule has 114 valence electrons. The van der Waals surface area contributed by atoms with Gasteiger partial charge < -0.3 is 10.5 Å². The summed E-state index contributed by atoms with van der Waals surface area (Å²) in [5.41, 5.74) is 6.88. The van der Waals surface area contributed by atoms with Crippen LogP contribution in [0.1, 0.15) is 64.6 Å². The van der Waals surface area contributed by atoms with Crippen molar-refractivity contribution in [3.8, 4) is 0 Å². The fourth-order valence-electron chi connectivity index (χ4n) is 2.99. The van der Waals surface area contributed by atoms with Crippen molar-refractivity contribution in [1.29, 1.82) is 0 Å². The van der Waals surface area contributed by atoms with Crippen molar-refractivity contribution < 1.29 is 4.74 Å². The molecule has 1 aliphatic carbocycles. The molecule has 2 N–H and O–H groups in total. The molecular formula is C16H29N3O. The summed E-state index contributed by atoms with van der Waals surface area (Å²) in [6.07, 6.45) is 7.97. The van der Waals surface area contributed by atoms with Gasteiger partial charge >= 0.3 is 0 Å². The highest BCUT2D eigenvalue weighted by atomic mass is 16.5. The highest BCUT2D eigenvalue weighted by Gasteiger charge is 2.34. The molecule has 0 aromatic carbocycles. The number of nitrogens with two attached hydrogens (primary N) is 1. The number of nitrogens with zero attached hydrogens (tertiary/aromatic N) is 2. The minimum absolute atomic E-state index is 0.118. The fourth-order valence-corrected chi connectivity index (χ4v) is 2.99. The Labute approximate surface area is 122 Å². The van der Waals surface area contributed by atoms with Crippen LogP contribution in [0.3, 0.4) is 0 Å². The van der Waals surface area contributed by atoms with Crippen molar-refractivity contribution in [2.24, 2.45) is 11.7 Å². The van der Waals surface area contributed by atoms with Crippen molar-refractivity contribution in [1.82, 2.24) is 9.78 Å². The average Bonchev–Trinajstić information content (AvgIpc) is 2.95. The van der Waals surface area contributed by atoms with Crippen molar-refractivity contribution >= 4 is 0 Å². The smallest absolute Gasteiger partial charge is 0.0914 e. The Morgan fingerprint density at radius 3 is 2.65 bits per heavy atom. The Morgan fingerprint density at radius 2 is 2.15 bits per heavy atom. The highest BCUT2D eigenvalue weighted by Crippen LogP contribution is 2.36. The number of hydrogen-bond acceptors (Lipinski definition) is 3. The Balaban J connectivity index is 1.90. The van der Waals surface area contributed by atoms with Gasteiger partial charge in [-0.05, 0) is 51.5 Å². The lowest BCUT2D eigenvalue weighted by Gasteiger charge is -2.39. The molecule has 0 spiro atoms. The Bertz CT molecular complexity index is 406. The number of rotatable bonds is 6. The van der Waals surface area contributed by atoms with Crippen molar-refractivity contribution in [2.45, 2.75) is 71.1 Å². The summed E-state index contributed by atoms with van der Waals surface area (Å²) in [6, 6.07) is 2.44. The fraction of sp³-hybridized carbons (Fsp3) is 0.812. The summed E-state index contributed by atoms with van der Waals surface area (Å²) >= 11 is 0. The van der Waals surface area contributed by atoms with Gasteiger partial charge in [-0.2, -0.15) is 5.10 Å². The van der Waals surface area contributed by atoms with Crippen LogP contribution in [0, 0.1) is 5.92 Å². The van der Waals surface area contributed by atoms with Gasteiger partial charge in [-0.15, -0.1) is 0 Å². The molecule has 0 atom stereocenters. The van der Waals surface area contributed by atoms with E-state index in [0.717, 1.165) is 24.5 Å². The highest BCUT2D eigenvalue weighted by molar-refractivity contribution is 4.99. The summed E-state index contributed by atoms with van der Waals surface area (Å²) in [5.74, 6) is 0.860. The van der Waals surface area contributed by atoms with E-state index in [1.807, 2.05) is 16.9 Å². The van der Waals surface area contributed by atoms with Gasteiger partial charge in [0.15, 0.2) is 0 Å². The summed E-state index contributed by atoms with van der Waals surface area (Å²) in [7, 11) is 0. The lowest BCUT2D eigenvalue weighted by molar-refractivity contribution is -0.0824. The van der Waals surface area contributed by atoms with Crippen molar-refractivity contribution in [3.63, 3.8) is 0 Å². The maximum absolute atomic E-state index is 6.19. The Morgan fingerprint density at radius 1 is 1.45 bits per heavy atom. The van der Waals surface area contributed by atoms with Gasteiger partial charge in [0.25, 0.3) is 0 Å². The predicted molar refractivity (Wildman–Crippen MR) is 81.4 cm³/mol. The first-order valence-corrected chi connectivity index (χ1v) is 7.96. The van der Waals surface area contributed by atoms with Crippen LogP contribution < -0.4 is 5.73 Å². The van der Waals surface area contributed by atoms with E-state index in [9.17, 15) is 0 Å². The molecule has 1 aromatic rings. The van der Waals surface area contributed by atoms with Crippen LogP contribution >= 0.6 is 0 Å². The van der Waals surface area contributed by atoms with E-state index in [1.54, 1.807) is 0 Å². The van der Waals surface area contributed by atoms with E-state index in [0.29, 0.717) is 19.2 Å². The van der Waals surface area contributed by atoms with Gasteiger partial charge in [0.2, 0.25) is 0 Å². The third-order valence-corrected chi connectivity index (χ3v) is 4.68. The van der Waals surface area contributed by atoms with Crippen molar-refractivity contribution in [2.75, 3.05) is 6.54 Å². The zero-order valence-corrected chi connectivity index (χ0v) is 13.1. The van der Waals surface area contributed by atoms with Gasteiger partial charge in [-0.25, -0.2) is 0 Å². The van der Waals surface area contributed by atoms with E-state index in [2.05, 4.69) is 25.9 Å². The quantitative estimate of drug-likeness (QED) is 0.869. The molecule has 20 heavy (non-hydrogen) atoms. The first-order valence-electron chi connectivity index (χ1n) is 7.96. The van der Waals surface area contributed by atoms with Gasteiger partial charge in [0, 0.05) is 18.8 Å². The SMILES string of the molecule is CCC1CCC(CN)(OCc2ccn(C(C)C)n2)CC1. The molecule has 0 aliphatic heterocycles. The number of ether oxygens (including phenoxy) is 1. The molecule has 0 radical (unpaired) electrons. The Hall–Kier alpha value is -0.870. The lowest BCUT2D eigenvalue weighted by atomic mass is 9.77. The summed E-state index contributed by atoms with van der Waals surface area (Å²) in [6.45, 7) is 7.73. The maximum Gasteiger partial charge on any atom is 0.0914 e. The zero-order valence-electron chi connectivity index (χ0n) is 13.1. The zero-order chi connectivity index (χ0) is 14.6. The largest absolute Gasteiger partial charge is 0.367 e. The molecule has 0 unspecified atom stereocenters. The average molecular weight is 279 g/mol. The predicted octanol–water partition coefficient (Wildman–Crippen LogP) is 3.28. The second kappa shape index (κ2) is 6.72. The van der Waals surface area contributed by atoms with E-state index < -0.39 is 0 Å². The maximum atomic E-state index is 6.19. The molecule has 1 fully saturated rings. The van der Waals surface area contributed by atoms with Gasteiger partial charge in [-0.1, -0.05) is 13.3 Å². The minimum Gasteiger partial charge on any atom is -0.367 e. The van der Waals surface area contributed by atoms with Gasteiger partial charge in [0.1, 0.15) is 0 Å². The molecular weight excluding hydrogens is 250 g/mol. The third kappa shape index (κ3) is 3.61. The molecule has 1 saturated carbocycles. The van der Waals surface area contributed by atoms with Crippen LogP contribution in [0.25, 0.3) is 0 Å². The second-order valence-electron chi connectivity index (χ2n) is 6.41. The molecule has 4 heteroatoms. The summed E-state index contributed by atoms with van der Waals surface area (Å²) in [5, 5.41) is 4.54. The van der Waals surface area contributed by atoms with Crippen LogP contribution in [-0.4, -0.2) is 21.9 Å². The first-order chi connectivity index (χ1) is 9.58. The minimum atomic E-state index is -0.118. The molecule has 0 bridgehead atoms. The monoisotopic (exact) mass is 279 g/mol. The van der Waals surface area contributed by atoms with E-state index >= 15 is 0 Å². The standard InChI is InChI=1S/C16H29N3O/c1-4-14-5-8-16(12-17,9-6-14)20-11-15-7-10-19(18-15)13(2)3/h7,10,13-14H,4-6,8-9,11-12,17H2,1-3H3. The topological polar surface area (TPSA) is 53.1 Å². The van der Waals surface area contributed by atoms with Gasteiger partial charge in [-0.3, -0.25) is 4.68 Å². The molecule has 4 nitrogen and oxygen atoms in total. The van der Waals surface area contributed by atoms with Crippen LogP contribution in [-0.2, 0) is 11.3 Å². The number of aromatic nitrogens is 2. The second-order valence-corrected chi connectivity index (χ2v) is 6.41. The number of hydrogen-bond donors (Lipinski definition) is 1. The van der Waals surface area contributed by atoms with E-state index in [-0.39, 0.29) is 5.60 Å². The van der Waals surface area contributed by atoms with E-state index in [1.165, 1.54) is 19.3 Å². The van der Waals surface area contributed by atoms with Gasteiger partial charge in [0.05, 0.1) is 17.9 Å². The summed E-state index contributed by atoms with van der Waals surface area (Å²) in [4.78, 5) is 0. The van der Waals surface area contributed by atoms with Crippen LogP contribution in [0.4, 0.5) is 0 Å². The lowest BCUT2D eigenvalue weighted by Crippen LogP contribution is -2.43. The molecule has 0 saturated heterocycles. The van der Waals surface area contributed by atoms with E-state index in [4.69, 9.17) is 10.5 Å². The molecule has 1 heterocycles. The molecule has 1 aromatic heterocycles. The third-order valence-electron chi connectivity index (χ3n) is 4.68. The van der Waals surface area contributed by atoms with Crippen LogP contribution in [0.5, 0.6) is 0 Å². The normalized spacial score (nSPS) is 27.1. The van der Waals surface area contributed by atoms with Crippen molar-refractivity contribution in [3.05, 3.63) is 18.0 Å². The van der Waals surface area contributed by atoms with Crippen LogP contribution in [0.2, 0.25) is 0 Å².